The summed E-state index contributed by atoms with van der Waals surface area (Å²) in [6.45, 7) is 6.79. The standard InChI is InChI=1S/C12H24N2O2/c1-12(15-8-9-16-12)10-14(3)11-4-6-13(2)7-5-11/h11H,4-10H2,1-3H3. The molecule has 2 rings (SSSR count). The zero-order valence-corrected chi connectivity index (χ0v) is 10.7. The maximum atomic E-state index is 5.65. The lowest BCUT2D eigenvalue weighted by molar-refractivity contribution is -0.158. The van der Waals surface area contributed by atoms with E-state index in [1.165, 1.54) is 25.9 Å². The molecule has 2 fully saturated rings. The van der Waals surface area contributed by atoms with Gasteiger partial charge in [-0.05, 0) is 47.0 Å². The number of likely N-dealkylation sites (N-methyl/N-ethyl adjacent to an activating group) is 1. The molecule has 0 aromatic heterocycles. The molecule has 0 amide bonds. The Labute approximate surface area is 98.5 Å². The highest BCUT2D eigenvalue weighted by atomic mass is 16.7. The van der Waals surface area contributed by atoms with E-state index in [1.807, 2.05) is 6.92 Å². The first kappa shape index (κ1) is 12.3. The topological polar surface area (TPSA) is 24.9 Å². The second kappa shape index (κ2) is 5.00. The number of hydrogen-bond donors (Lipinski definition) is 0. The molecule has 0 unspecified atom stereocenters. The number of rotatable bonds is 3. The highest BCUT2D eigenvalue weighted by Gasteiger charge is 2.34. The normalized spacial score (nSPS) is 27.8. The summed E-state index contributed by atoms with van der Waals surface area (Å²) in [5.74, 6) is -0.377. The lowest BCUT2D eigenvalue weighted by Crippen LogP contribution is -2.48. The van der Waals surface area contributed by atoms with E-state index >= 15 is 0 Å². The van der Waals surface area contributed by atoms with Crippen LogP contribution in [0.2, 0.25) is 0 Å². The van der Waals surface area contributed by atoms with Crippen LogP contribution in [-0.2, 0) is 9.47 Å². The molecule has 2 aliphatic heterocycles. The van der Waals surface area contributed by atoms with E-state index in [0.717, 1.165) is 19.8 Å². The van der Waals surface area contributed by atoms with Gasteiger partial charge in [0.1, 0.15) is 0 Å². The van der Waals surface area contributed by atoms with Gasteiger partial charge < -0.3 is 14.4 Å². The lowest BCUT2D eigenvalue weighted by Gasteiger charge is -2.38. The Kier molecular flexibility index (Phi) is 3.85. The van der Waals surface area contributed by atoms with Crippen molar-refractivity contribution in [3.63, 3.8) is 0 Å². The first-order valence-electron chi connectivity index (χ1n) is 6.26. The molecule has 16 heavy (non-hydrogen) atoms. The lowest BCUT2D eigenvalue weighted by atomic mass is 10.0. The molecule has 2 aliphatic rings. The van der Waals surface area contributed by atoms with Crippen LogP contribution in [0.25, 0.3) is 0 Å². The third kappa shape index (κ3) is 2.94. The summed E-state index contributed by atoms with van der Waals surface area (Å²) >= 11 is 0. The third-order valence-corrected chi connectivity index (χ3v) is 3.75. The number of likely N-dealkylation sites (tertiary alicyclic amines) is 1. The van der Waals surface area contributed by atoms with E-state index in [2.05, 4.69) is 23.9 Å². The maximum Gasteiger partial charge on any atom is 0.178 e. The van der Waals surface area contributed by atoms with E-state index in [4.69, 9.17) is 9.47 Å². The van der Waals surface area contributed by atoms with Crippen LogP contribution in [0.5, 0.6) is 0 Å². The summed E-state index contributed by atoms with van der Waals surface area (Å²) in [5.41, 5.74) is 0. The molecule has 0 spiro atoms. The largest absolute Gasteiger partial charge is 0.347 e. The van der Waals surface area contributed by atoms with E-state index in [0.29, 0.717) is 6.04 Å². The molecule has 0 atom stereocenters. The van der Waals surface area contributed by atoms with Crippen LogP contribution >= 0.6 is 0 Å². The fraction of sp³-hybridized carbons (Fsp3) is 1.00. The van der Waals surface area contributed by atoms with Gasteiger partial charge in [0, 0.05) is 6.04 Å². The fourth-order valence-corrected chi connectivity index (χ4v) is 2.67. The highest BCUT2D eigenvalue weighted by molar-refractivity contribution is 4.81. The summed E-state index contributed by atoms with van der Waals surface area (Å²) in [5, 5.41) is 0. The van der Waals surface area contributed by atoms with Gasteiger partial charge in [-0.25, -0.2) is 0 Å². The Morgan fingerprint density at radius 2 is 1.81 bits per heavy atom. The third-order valence-electron chi connectivity index (χ3n) is 3.75. The Hall–Kier alpha value is -0.160. The minimum Gasteiger partial charge on any atom is -0.347 e. The summed E-state index contributed by atoms with van der Waals surface area (Å²) in [6, 6.07) is 0.681. The Bertz CT molecular complexity index is 221. The van der Waals surface area contributed by atoms with Gasteiger partial charge in [-0.3, -0.25) is 4.90 Å². The maximum absolute atomic E-state index is 5.65. The number of hydrogen-bond acceptors (Lipinski definition) is 4. The molecular formula is C12H24N2O2. The van der Waals surface area contributed by atoms with Crippen molar-refractivity contribution < 1.29 is 9.47 Å². The van der Waals surface area contributed by atoms with Gasteiger partial charge in [0.15, 0.2) is 5.79 Å². The summed E-state index contributed by atoms with van der Waals surface area (Å²) in [4.78, 5) is 4.80. The van der Waals surface area contributed by atoms with Crippen molar-refractivity contribution in [2.45, 2.75) is 31.6 Å². The van der Waals surface area contributed by atoms with Gasteiger partial charge in [0.25, 0.3) is 0 Å². The van der Waals surface area contributed by atoms with E-state index < -0.39 is 0 Å². The minimum absolute atomic E-state index is 0.377. The van der Waals surface area contributed by atoms with E-state index in [-0.39, 0.29) is 5.79 Å². The van der Waals surface area contributed by atoms with Gasteiger partial charge in [0.2, 0.25) is 0 Å². The van der Waals surface area contributed by atoms with Crippen LogP contribution in [0.15, 0.2) is 0 Å². The Morgan fingerprint density at radius 3 is 2.38 bits per heavy atom. The van der Waals surface area contributed by atoms with Crippen LogP contribution in [0.1, 0.15) is 19.8 Å². The van der Waals surface area contributed by atoms with Crippen LogP contribution in [0, 0.1) is 0 Å². The van der Waals surface area contributed by atoms with Crippen LogP contribution < -0.4 is 0 Å². The van der Waals surface area contributed by atoms with Crippen molar-refractivity contribution in [3.05, 3.63) is 0 Å². The molecule has 0 aromatic carbocycles. The molecule has 0 aromatic rings. The number of nitrogens with zero attached hydrogens (tertiary/aromatic N) is 2. The molecular weight excluding hydrogens is 204 g/mol. The first-order valence-corrected chi connectivity index (χ1v) is 6.26. The van der Waals surface area contributed by atoms with Crippen LogP contribution in [0.4, 0.5) is 0 Å². The number of piperidine rings is 1. The van der Waals surface area contributed by atoms with Crippen molar-refractivity contribution in [2.24, 2.45) is 0 Å². The summed E-state index contributed by atoms with van der Waals surface area (Å²) < 4.78 is 11.3. The predicted molar refractivity (Wildman–Crippen MR) is 63.5 cm³/mol. The summed E-state index contributed by atoms with van der Waals surface area (Å²) in [7, 11) is 4.38. The van der Waals surface area contributed by atoms with Crippen molar-refractivity contribution in [2.75, 3.05) is 46.9 Å². The average Bonchev–Trinajstić information content (AvgIpc) is 2.65. The van der Waals surface area contributed by atoms with Gasteiger partial charge in [-0.2, -0.15) is 0 Å². The molecule has 0 saturated carbocycles. The molecule has 94 valence electrons. The van der Waals surface area contributed by atoms with Crippen LogP contribution in [0.3, 0.4) is 0 Å². The average molecular weight is 228 g/mol. The van der Waals surface area contributed by atoms with Crippen molar-refractivity contribution in [1.29, 1.82) is 0 Å². The quantitative estimate of drug-likeness (QED) is 0.712. The van der Waals surface area contributed by atoms with Crippen molar-refractivity contribution in [1.82, 2.24) is 9.80 Å². The molecule has 4 nitrogen and oxygen atoms in total. The molecule has 2 saturated heterocycles. The number of ether oxygens (including phenoxy) is 2. The Morgan fingerprint density at radius 1 is 1.25 bits per heavy atom. The fourth-order valence-electron chi connectivity index (χ4n) is 2.67. The van der Waals surface area contributed by atoms with Gasteiger partial charge >= 0.3 is 0 Å². The highest BCUT2D eigenvalue weighted by Crippen LogP contribution is 2.22. The zero-order valence-electron chi connectivity index (χ0n) is 10.7. The first-order chi connectivity index (χ1) is 7.59. The Balaban J connectivity index is 1.81. The smallest absolute Gasteiger partial charge is 0.178 e. The molecule has 0 radical (unpaired) electrons. The van der Waals surface area contributed by atoms with E-state index in [1.54, 1.807) is 0 Å². The van der Waals surface area contributed by atoms with Crippen LogP contribution in [-0.4, -0.2) is 68.6 Å². The van der Waals surface area contributed by atoms with Gasteiger partial charge in [0.05, 0.1) is 19.8 Å². The summed E-state index contributed by atoms with van der Waals surface area (Å²) in [6.07, 6.45) is 2.51. The predicted octanol–water partition coefficient (Wildman–Crippen LogP) is 0.775. The second-order valence-corrected chi connectivity index (χ2v) is 5.28. The zero-order chi connectivity index (χ0) is 11.6. The van der Waals surface area contributed by atoms with Gasteiger partial charge in [-0.15, -0.1) is 0 Å². The molecule has 0 bridgehead atoms. The monoisotopic (exact) mass is 228 g/mol. The molecule has 0 aliphatic carbocycles. The molecule has 0 N–H and O–H groups in total. The van der Waals surface area contributed by atoms with Gasteiger partial charge in [-0.1, -0.05) is 0 Å². The second-order valence-electron chi connectivity index (χ2n) is 5.28. The minimum atomic E-state index is -0.377. The van der Waals surface area contributed by atoms with Crippen molar-refractivity contribution in [3.8, 4) is 0 Å². The van der Waals surface area contributed by atoms with E-state index in [9.17, 15) is 0 Å². The van der Waals surface area contributed by atoms with Crippen molar-refractivity contribution >= 4 is 0 Å². The molecule has 2 heterocycles. The SMILES string of the molecule is CN1CCC(N(C)CC2(C)OCCO2)CC1. The molecule has 4 heteroatoms.